The third kappa shape index (κ3) is 2.00. The maximum absolute atomic E-state index is 12.6. The van der Waals surface area contributed by atoms with Crippen molar-refractivity contribution in [3.8, 4) is 0 Å². The fraction of sp³-hybridized carbons (Fsp3) is 0.111. The van der Waals surface area contributed by atoms with Crippen LogP contribution < -0.4 is 11.2 Å². The molecule has 2 heterocycles. The number of hydrogen-bond donors (Lipinski definition) is 1. The van der Waals surface area contributed by atoms with Gasteiger partial charge in [-0.15, -0.1) is 0 Å². The topological polar surface area (TPSA) is 69.1 Å². The van der Waals surface area contributed by atoms with E-state index in [1.54, 1.807) is 30.6 Å². The molecule has 0 aliphatic heterocycles. The van der Waals surface area contributed by atoms with Gasteiger partial charge in [0.25, 0.3) is 0 Å². The van der Waals surface area contributed by atoms with Crippen molar-refractivity contribution in [2.24, 2.45) is 0 Å². The predicted molar refractivity (Wildman–Crippen MR) is 87.3 cm³/mol. The van der Waals surface area contributed by atoms with E-state index in [9.17, 15) is 4.79 Å². The average molecular weight is 290 g/mol. The lowest BCUT2D eigenvalue weighted by molar-refractivity contribution is 0.585. The number of hydrogen-bond acceptors (Lipinski definition) is 4. The van der Waals surface area contributed by atoms with Crippen molar-refractivity contribution in [2.45, 2.75) is 12.8 Å². The summed E-state index contributed by atoms with van der Waals surface area (Å²) in [4.78, 5) is 16.7. The van der Waals surface area contributed by atoms with Gasteiger partial charge in [-0.05, 0) is 48.3 Å². The lowest BCUT2D eigenvalue weighted by Crippen LogP contribution is -2.08. The molecular formula is C18H14N2O2. The van der Waals surface area contributed by atoms with Gasteiger partial charge >= 0.3 is 0 Å². The van der Waals surface area contributed by atoms with Gasteiger partial charge in [-0.2, -0.15) is 0 Å². The maximum Gasteiger partial charge on any atom is 0.196 e. The summed E-state index contributed by atoms with van der Waals surface area (Å²) >= 11 is 0. The second-order valence-corrected chi connectivity index (χ2v) is 5.45. The van der Waals surface area contributed by atoms with Gasteiger partial charge < -0.3 is 10.2 Å². The second-order valence-electron chi connectivity index (χ2n) is 5.45. The Balaban J connectivity index is 1.93. The summed E-state index contributed by atoms with van der Waals surface area (Å²) in [5, 5.41) is 0.593. The molecule has 22 heavy (non-hydrogen) atoms. The molecule has 0 fully saturated rings. The molecule has 2 N–H and O–H groups in total. The van der Waals surface area contributed by atoms with Crippen molar-refractivity contribution in [2.75, 3.05) is 5.73 Å². The number of nitrogens with zero attached hydrogens (tertiary/aromatic N) is 1. The summed E-state index contributed by atoms with van der Waals surface area (Å²) in [6.07, 6.45) is 7.07. The smallest absolute Gasteiger partial charge is 0.196 e. The molecule has 0 atom stereocenters. The summed E-state index contributed by atoms with van der Waals surface area (Å²) in [7, 11) is 0. The van der Waals surface area contributed by atoms with Crippen molar-refractivity contribution < 1.29 is 4.42 Å². The molecule has 4 nitrogen and oxygen atoms in total. The fourth-order valence-corrected chi connectivity index (χ4v) is 2.91. The third-order valence-electron chi connectivity index (χ3n) is 3.97. The molecule has 0 unspecified atom stereocenters. The first-order valence-corrected chi connectivity index (χ1v) is 7.18. The lowest BCUT2D eigenvalue weighted by Gasteiger charge is -2.04. The molecule has 2 aromatic heterocycles. The Bertz CT molecular complexity index is 956. The molecule has 1 aliphatic carbocycles. The van der Waals surface area contributed by atoms with Crippen LogP contribution in [0.5, 0.6) is 0 Å². The number of fused-ring (bicyclic) bond motifs is 2. The monoisotopic (exact) mass is 290 g/mol. The number of nitrogens with two attached hydrogens (primary N) is 1. The summed E-state index contributed by atoms with van der Waals surface area (Å²) in [6.45, 7) is 0. The van der Waals surface area contributed by atoms with Crippen LogP contribution in [0.1, 0.15) is 23.3 Å². The molecule has 1 aromatic carbocycles. The molecular weight excluding hydrogens is 276 g/mol. The Kier molecular flexibility index (Phi) is 2.82. The van der Waals surface area contributed by atoms with E-state index >= 15 is 0 Å². The SMILES string of the molecule is Nc1ccc2c(=O)c3c(oc2c1)/C(=C/c1cccnc1)CC3. The number of aromatic nitrogens is 1. The van der Waals surface area contributed by atoms with Crippen molar-refractivity contribution >= 4 is 28.3 Å². The Morgan fingerprint density at radius 1 is 1.23 bits per heavy atom. The summed E-state index contributed by atoms with van der Waals surface area (Å²) < 4.78 is 5.98. The third-order valence-corrected chi connectivity index (χ3v) is 3.97. The normalized spacial score (nSPS) is 15.4. The van der Waals surface area contributed by atoms with Gasteiger partial charge in [0, 0.05) is 29.7 Å². The van der Waals surface area contributed by atoms with Gasteiger partial charge in [0.15, 0.2) is 5.43 Å². The zero-order chi connectivity index (χ0) is 15.1. The number of rotatable bonds is 1. The summed E-state index contributed by atoms with van der Waals surface area (Å²) in [5.41, 5.74) is 9.76. The Hall–Kier alpha value is -2.88. The first-order valence-electron chi connectivity index (χ1n) is 7.18. The molecule has 1 aliphatic rings. The van der Waals surface area contributed by atoms with Gasteiger partial charge in [-0.25, -0.2) is 0 Å². The first kappa shape index (κ1) is 12.8. The van der Waals surface area contributed by atoms with E-state index in [4.69, 9.17) is 10.2 Å². The van der Waals surface area contributed by atoms with Crippen LogP contribution in [0.2, 0.25) is 0 Å². The van der Waals surface area contributed by atoms with Crippen LogP contribution in [0.4, 0.5) is 5.69 Å². The Labute approximate surface area is 126 Å². The van der Waals surface area contributed by atoms with Gasteiger partial charge in [0.05, 0.1) is 5.39 Å². The average Bonchev–Trinajstić information content (AvgIpc) is 2.91. The first-order chi connectivity index (χ1) is 10.7. The molecule has 4 rings (SSSR count). The standard InChI is InChI=1S/C18H14N2O2/c19-13-4-6-14-16(9-13)22-18-12(3-5-15(18)17(14)21)8-11-2-1-7-20-10-11/h1-2,4,6-10H,3,5,19H2/b12-8+. The van der Waals surface area contributed by atoms with E-state index < -0.39 is 0 Å². The van der Waals surface area contributed by atoms with E-state index in [0.717, 1.165) is 23.1 Å². The largest absolute Gasteiger partial charge is 0.456 e. The highest BCUT2D eigenvalue weighted by Gasteiger charge is 2.23. The number of allylic oxidation sites excluding steroid dienone is 1. The van der Waals surface area contributed by atoms with Crippen LogP contribution in [-0.2, 0) is 6.42 Å². The maximum atomic E-state index is 12.6. The van der Waals surface area contributed by atoms with Crippen molar-refractivity contribution in [1.29, 1.82) is 0 Å². The van der Waals surface area contributed by atoms with Gasteiger partial charge in [-0.3, -0.25) is 9.78 Å². The highest BCUT2D eigenvalue weighted by molar-refractivity contribution is 5.87. The Morgan fingerprint density at radius 3 is 2.95 bits per heavy atom. The van der Waals surface area contributed by atoms with Gasteiger partial charge in [-0.1, -0.05) is 6.07 Å². The molecule has 0 radical (unpaired) electrons. The van der Waals surface area contributed by atoms with Crippen LogP contribution in [0.25, 0.3) is 22.6 Å². The Morgan fingerprint density at radius 2 is 2.14 bits per heavy atom. The molecule has 0 bridgehead atoms. The van der Waals surface area contributed by atoms with E-state index in [2.05, 4.69) is 4.98 Å². The van der Waals surface area contributed by atoms with Crippen molar-refractivity contribution in [1.82, 2.24) is 4.98 Å². The van der Waals surface area contributed by atoms with Crippen LogP contribution in [0.15, 0.2) is 51.9 Å². The van der Waals surface area contributed by atoms with Gasteiger partial charge in [0.1, 0.15) is 11.3 Å². The van der Waals surface area contributed by atoms with E-state index in [1.165, 1.54) is 0 Å². The highest BCUT2D eigenvalue weighted by atomic mass is 16.3. The van der Waals surface area contributed by atoms with Crippen LogP contribution in [-0.4, -0.2) is 4.98 Å². The number of benzene rings is 1. The zero-order valence-corrected chi connectivity index (χ0v) is 11.9. The van der Waals surface area contributed by atoms with E-state index in [0.29, 0.717) is 28.8 Å². The molecule has 0 saturated heterocycles. The van der Waals surface area contributed by atoms with Crippen LogP contribution in [0, 0.1) is 0 Å². The molecule has 0 saturated carbocycles. The van der Waals surface area contributed by atoms with E-state index in [1.807, 2.05) is 18.2 Å². The quantitative estimate of drug-likeness (QED) is 0.698. The van der Waals surface area contributed by atoms with Crippen molar-refractivity contribution in [3.63, 3.8) is 0 Å². The van der Waals surface area contributed by atoms with E-state index in [-0.39, 0.29) is 5.43 Å². The molecule has 0 amide bonds. The molecule has 108 valence electrons. The summed E-state index contributed by atoms with van der Waals surface area (Å²) in [5.74, 6) is 0.687. The predicted octanol–water partition coefficient (Wildman–Crippen LogP) is 3.26. The minimum atomic E-state index is 0.0471. The van der Waals surface area contributed by atoms with Gasteiger partial charge in [0.2, 0.25) is 0 Å². The lowest BCUT2D eigenvalue weighted by atomic mass is 10.1. The summed E-state index contributed by atoms with van der Waals surface area (Å²) in [6, 6.07) is 9.04. The fourth-order valence-electron chi connectivity index (χ4n) is 2.91. The van der Waals surface area contributed by atoms with Crippen molar-refractivity contribution in [3.05, 3.63) is 69.8 Å². The highest BCUT2D eigenvalue weighted by Crippen LogP contribution is 2.34. The molecule has 3 aromatic rings. The minimum absolute atomic E-state index is 0.0471. The number of pyridine rings is 1. The van der Waals surface area contributed by atoms with Crippen LogP contribution in [0.3, 0.4) is 0 Å². The van der Waals surface area contributed by atoms with Crippen LogP contribution >= 0.6 is 0 Å². The number of nitrogen functional groups attached to an aromatic ring is 1. The second kappa shape index (κ2) is 4.84. The minimum Gasteiger partial charge on any atom is -0.456 e. The zero-order valence-electron chi connectivity index (χ0n) is 11.9. The molecule has 4 heteroatoms. The number of anilines is 1. The molecule has 0 spiro atoms.